The molecule has 0 aromatic heterocycles. The molecule has 1 fully saturated rings. The Kier molecular flexibility index (Phi) is 5.60. The molecule has 1 amide bonds. The largest absolute Gasteiger partial charge is 0.417 e. The molecule has 1 atom stereocenters. The molecule has 1 aromatic rings. The lowest BCUT2D eigenvalue weighted by Gasteiger charge is -2.22. The summed E-state index contributed by atoms with van der Waals surface area (Å²) in [6, 6.07) is 3.58. The molecule has 7 heteroatoms. The van der Waals surface area contributed by atoms with Crippen LogP contribution in [0.4, 0.5) is 13.2 Å². The van der Waals surface area contributed by atoms with Crippen LogP contribution in [0.3, 0.4) is 0 Å². The van der Waals surface area contributed by atoms with E-state index in [2.05, 4.69) is 21.2 Å². The van der Waals surface area contributed by atoms with Crippen LogP contribution in [0.25, 0.3) is 0 Å². The first-order valence-corrected chi connectivity index (χ1v) is 8.48. The Balaban J connectivity index is 2.08. The molecule has 0 radical (unpaired) electrons. The Morgan fingerprint density at radius 2 is 2.14 bits per heavy atom. The smallest absolute Gasteiger partial charge is 0.351 e. The first-order chi connectivity index (χ1) is 9.88. The van der Waals surface area contributed by atoms with Gasteiger partial charge in [0.15, 0.2) is 0 Å². The van der Waals surface area contributed by atoms with E-state index in [-0.39, 0.29) is 5.56 Å². The van der Waals surface area contributed by atoms with Gasteiger partial charge in [0.2, 0.25) is 0 Å². The third-order valence-electron chi connectivity index (χ3n) is 3.30. The monoisotopic (exact) mass is 381 g/mol. The minimum atomic E-state index is -4.55. The quantitative estimate of drug-likeness (QED) is 0.835. The van der Waals surface area contributed by atoms with Crippen LogP contribution >= 0.6 is 27.7 Å². The van der Waals surface area contributed by atoms with Crippen molar-refractivity contribution in [2.45, 2.75) is 30.7 Å². The molecule has 1 saturated heterocycles. The maximum absolute atomic E-state index is 13.0. The molecular formula is C14H15BrF3NOS. The fraction of sp³-hybridized carbons (Fsp3) is 0.500. The molecule has 2 nitrogen and oxygen atoms in total. The van der Waals surface area contributed by atoms with Gasteiger partial charge in [0.1, 0.15) is 0 Å². The molecule has 0 aliphatic carbocycles. The summed E-state index contributed by atoms with van der Waals surface area (Å²) < 4.78 is 39.2. The van der Waals surface area contributed by atoms with E-state index in [9.17, 15) is 18.0 Å². The number of benzene rings is 1. The van der Waals surface area contributed by atoms with Gasteiger partial charge < -0.3 is 5.32 Å². The highest BCUT2D eigenvalue weighted by Gasteiger charge is 2.35. The van der Waals surface area contributed by atoms with E-state index in [1.165, 1.54) is 18.6 Å². The molecule has 1 heterocycles. The molecule has 1 aliphatic rings. The minimum absolute atomic E-state index is 0.299. The summed E-state index contributed by atoms with van der Waals surface area (Å²) >= 11 is 4.77. The maximum atomic E-state index is 13.0. The molecule has 21 heavy (non-hydrogen) atoms. The third-order valence-corrected chi connectivity index (χ3v) is 5.19. The Morgan fingerprint density at radius 1 is 1.38 bits per heavy atom. The minimum Gasteiger partial charge on any atom is -0.351 e. The van der Waals surface area contributed by atoms with Crippen LogP contribution in [0.1, 0.15) is 35.2 Å². The molecule has 0 spiro atoms. The van der Waals surface area contributed by atoms with Gasteiger partial charge >= 0.3 is 6.18 Å². The number of carbonyl (C=O) groups is 1. The highest BCUT2D eigenvalue weighted by molar-refractivity contribution is 9.10. The Bertz CT molecular complexity index is 515. The second-order valence-corrected chi connectivity index (χ2v) is 7.21. The Hall–Kier alpha value is -0.690. The van der Waals surface area contributed by atoms with E-state index in [1.54, 1.807) is 11.8 Å². The van der Waals surface area contributed by atoms with Crippen molar-refractivity contribution < 1.29 is 18.0 Å². The normalized spacial score (nSPS) is 19.3. The summed E-state index contributed by atoms with van der Waals surface area (Å²) in [5.41, 5.74) is -1.24. The number of amides is 1. The number of hydrogen-bond acceptors (Lipinski definition) is 2. The van der Waals surface area contributed by atoms with Crippen LogP contribution in [-0.4, -0.2) is 23.5 Å². The average molecular weight is 382 g/mol. The molecular weight excluding hydrogens is 367 g/mol. The predicted molar refractivity (Wildman–Crippen MR) is 81.6 cm³/mol. The number of nitrogens with one attached hydrogen (secondary N) is 1. The van der Waals surface area contributed by atoms with E-state index in [1.807, 2.05) is 0 Å². The molecule has 1 N–H and O–H groups in total. The Labute approximate surface area is 134 Å². The summed E-state index contributed by atoms with van der Waals surface area (Å²) in [5.74, 6) is 0.382. The second-order valence-electron chi connectivity index (χ2n) is 4.89. The van der Waals surface area contributed by atoms with Gasteiger partial charge in [0.05, 0.1) is 11.1 Å². The number of alkyl halides is 3. The van der Waals surface area contributed by atoms with Crippen molar-refractivity contribution >= 4 is 33.6 Å². The van der Waals surface area contributed by atoms with Gasteiger partial charge in [-0.05, 0) is 36.8 Å². The van der Waals surface area contributed by atoms with Crippen LogP contribution in [0, 0.1) is 0 Å². The average Bonchev–Trinajstić information content (AvgIpc) is 2.45. The second kappa shape index (κ2) is 7.05. The van der Waals surface area contributed by atoms with Crippen LogP contribution in [0.15, 0.2) is 22.7 Å². The SMILES string of the molecule is O=C(NCC1CCCCS1)c1ccc(Br)cc1C(F)(F)F. The fourth-order valence-corrected chi connectivity index (χ4v) is 3.82. The fourth-order valence-electron chi connectivity index (χ4n) is 2.22. The molecule has 0 saturated carbocycles. The predicted octanol–water partition coefficient (Wildman–Crippen LogP) is 4.48. The van der Waals surface area contributed by atoms with Crippen molar-refractivity contribution in [3.63, 3.8) is 0 Å². The van der Waals surface area contributed by atoms with Crippen LogP contribution in [0.5, 0.6) is 0 Å². The van der Waals surface area contributed by atoms with Gasteiger partial charge in [-0.15, -0.1) is 0 Å². The lowest BCUT2D eigenvalue weighted by atomic mass is 10.1. The van der Waals surface area contributed by atoms with E-state index >= 15 is 0 Å². The third kappa shape index (κ3) is 4.64. The zero-order valence-electron chi connectivity index (χ0n) is 11.2. The lowest BCUT2D eigenvalue weighted by Crippen LogP contribution is -2.33. The number of carbonyl (C=O) groups excluding carboxylic acids is 1. The Morgan fingerprint density at radius 3 is 2.76 bits per heavy atom. The highest BCUT2D eigenvalue weighted by Crippen LogP contribution is 2.34. The first kappa shape index (κ1) is 16.7. The van der Waals surface area contributed by atoms with Gasteiger partial charge in [-0.25, -0.2) is 0 Å². The zero-order valence-corrected chi connectivity index (χ0v) is 13.6. The summed E-state index contributed by atoms with van der Waals surface area (Å²) in [6.07, 6.45) is -1.27. The van der Waals surface area contributed by atoms with Gasteiger partial charge in [-0.3, -0.25) is 4.79 Å². The van der Waals surface area contributed by atoms with Crippen molar-refractivity contribution in [1.82, 2.24) is 5.32 Å². The zero-order chi connectivity index (χ0) is 15.5. The summed E-state index contributed by atoms with van der Waals surface area (Å²) in [7, 11) is 0. The van der Waals surface area contributed by atoms with Crippen LogP contribution in [0.2, 0.25) is 0 Å². The van der Waals surface area contributed by atoms with Crippen molar-refractivity contribution in [1.29, 1.82) is 0 Å². The standard InChI is InChI=1S/C14H15BrF3NOS/c15-9-4-5-11(12(7-9)14(16,17)18)13(20)19-8-10-3-1-2-6-21-10/h4-5,7,10H,1-3,6,8H2,(H,19,20). The molecule has 2 rings (SSSR count). The van der Waals surface area contributed by atoms with Crippen molar-refractivity contribution in [3.05, 3.63) is 33.8 Å². The van der Waals surface area contributed by atoms with Gasteiger partial charge in [0, 0.05) is 16.3 Å². The molecule has 1 aromatic carbocycles. The van der Waals surface area contributed by atoms with E-state index in [0.717, 1.165) is 24.7 Å². The summed E-state index contributed by atoms with van der Waals surface area (Å²) in [6.45, 7) is 0.414. The number of halogens is 4. The van der Waals surface area contributed by atoms with Crippen molar-refractivity contribution in [3.8, 4) is 0 Å². The number of hydrogen-bond donors (Lipinski definition) is 1. The van der Waals surface area contributed by atoms with Gasteiger partial charge in [0.25, 0.3) is 5.91 Å². The summed E-state index contributed by atoms with van der Waals surface area (Å²) in [4.78, 5) is 12.0. The highest BCUT2D eigenvalue weighted by atomic mass is 79.9. The number of rotatable bonds is 3. The molecule has 1 unspecified atom stereocenters. The van der Waals surface area contributed by atoms with Crippen molar-refractivity contribution in [2.24, 2.45) is 0 Å². The molecule has 1 aliphatic heterocycles. The van der Waals surface area contributed by atoms with Gasteiger partial charge in [-0.2, -0.15) is 24.9 Å². The van der Waals surface area contributed by atoms with Crippen molar-refractivity contribution in [2.75, 3.05) is 12.3 Å². The van der Waals surface area contributed by atoms with Gasteiger partial charge in [-0.1, -0.05) is 22.4 Å². The summed E-state index contributed by atoms with van der Waals surface area (Å²) in [5, 5.41) is 2.92. The first-order valence-electron chi connectivity index (χ1n) is 6.64. The molecule has 0 bridgehead atoms. The van der Waals surface area contributed by atoms with Crippen LogP contribution in [-0.2, 0) is 6.18 Å². The van der Waals surface area contributed by atoms with E-state index < -0.39 is 17.6 Å². The maximum Gasteiger partial charge on any atom is 0.417 e. The molecule has 116 valence electrons. The lowest BCUT2D eigenvalue weighted by molar-refractivity contribution is -0.138. The number of thioether (sulfide) groups is 1. The van der Waals surface area contributed by atoms with E-state index in [0.29, 0.717) is 16.3 Å². The van der Waals surface area contributed by atoms with Crippen LogP contribution < -0.4 is 5.32 Å². The van der Waals surface area contributed by atoms with E-state index in [4.69, 9.17) is 0 Å². The topological polar surface area (TPSA) is 29.1 Å².